The molecular weight excluding hydrogens is 306 g/mol. The fourth-order valence-corrected chi connectivity index (χ4v) is 3.02. The second-order valence-electron chi connectivity index (χ2n) is 5.46. The highest BCUT2D eigenvalue weighted by Gasteiger charge is 2.07. The third-order valence-electron chi connectivity index (χ3n) is 3.63. The predicted molar refractivity (Wildman–Crippen MR) is 97.0 cm³/mol. The molecule has 2 aromatic rings. The predicted octanol–water partition coefficient (Wildman–Crippen LogP) is 3.85. The number of ether oxygens (including phenoxy) is 1. The monoisotopic (exact) mass is 329 g/mol. The summed E-state index contributed by atoms with van der Waals surface area (Å²) in [5, 5.41) is 3.01. The van der Waals surface area contributed by atoms with E-state index in [4.69, 9.17) is 4.74 Å². The van der Waals surface area contributed by atoms with Gasteiger partial charge in [-0.3, -0.25) is 4.79 Å². The summed E-state index contributed by atoms with van der Waals surface area (Å²) >= 11 is 1.62. The smallest absolute Gasteiger partial charge is 0.230 e. The van der Waals surface area contributed by atoms with Crippen molar-refractivity contribution in [1.82, 2.24) is 5.32 Å². The van der Waals surface area contributed by atoms with E-state index < -0.39 is 0 Å². The average molecular weight is 329 g/mol. The fraction of sp³-hybridized carbons (Fsp3) is 0.316. The van der Waals surface area contributed by atoms with Crippen LogP contribution in [0.25, 0.3) is 0 Å². The zero-order chi connectivity index (χ0) is 16.5. The molecule has 3 nitrogen and oxygen atoms in total. The summed E-state index contributed by atoms with van der Waals surface area (Å²) in [5.41, 5.74) is 2.44. The van der Waals surface area contributed by atoms with Crippen LogP contribution >= 0.6 is 11.8 Å². The molecule has 1 atom stereocenters. The molecule has 1 N–H and O–H groups in total. The molecule has 0 bridgehead atoms. The molecule has 1 amide bonds. The largest absolute Gasteiger partial charge is 0.497 e. The van der Waals surface area contributed by atoms with E-state index in [-0.39, 0.29) is 5.91 Å². The lowest BCUT2D eigenvalue weighted by molar-refractivity contribution is -0.118. The summed E-state index contributed by atoms with van der Waals surface area (Å²) in [6, 6.07) is 18.2. The molecular formula is C19H23NO2S. The van der Waals surface area contributed by atoms with Gasteiger partial charge < -0.3 is 10.1 Å². The van der Waals surface area contributed by atoms with E-state index in [1.54, 1.807) is 18.9 Å². The second kappa shape index (κ2) is 9.26. The van der Waals surface area contributed by atoms with E-state index in [9.17, 15) is 4.79 Å². The number of benzene rings is 2. The number of nitrogens with one attached hydrogen (secondary N) is 1. The van der Waals surface area contributed by atoms with Crippen molar-refractivity contribution in [2.75, 3.05) is 19.4 Å². The van der Waals surface area contributed by atoms with Crippen LogP contribution in [0.15, 0.2) is 54.6 Å². The number of carbonyl (C=O) groups is 1. The lowest BCUT2D eigenvalue weighted by Crippen LogP contribution is -2.29. The minimum absolute atomic E-state index is 0.0892. The highest BCUT2D eigenvalue weighted by Crippen LogP contribution is 2.17. The first-order chi connectivity index (χ1) is 11.2. The third kappa shape index (κ3) is 5.99. The minimum Gasteiger partial charge on any atom is -0.497 e. The van der Waals surface area contributed by atoms with Gasteiger partial charge in [-0.2, -0.15) is 0 Å². The van der Waals surface area contributed by atoms with Crippen LogP contribution in [0, 0.1) is 0 Å². The number of rotatable bonds is 8. The zero-order valence-corrected chi connectivity index (χ0v) is 14.4. The van der Waals surface area contributed by atoms with Crippen LogP contribution in [0.5, 0.6) is 5.75 Å². The SMILES string of the molecule is COc1ccc(CSCC(=O)NC[C@H](C)c2ccccc2)cc1. The van der Waals surface area contributed by atoms with Crippen molar-refractivity contribution in [3.63, 3.8) is 0 Å². The van der Waals surface area contributed by atoms with E-state index in [2.05, 4.69) is 24.4 Å². The average Bonchev–Trinajstić information content (AvgIpc) is 2.61. The fourth-order valence-electron chi connectivity index (χ4n) is 2.20. The molecule has 0 aromatic heterocycles. The normalized spacial score (nSPS) is 11.7. The molecule has 0 heterocycles. The minimum atomic E-state index is 0.0892. The van der Waals surface area contributed by atoms with Crippen molar-refractivity contribution in [3.8, 4) is 5.75 Å². The summed E-state index contributed by atoms with van der Waals surface area (Å²) in [4.78, 5) is 11.9. The number of carbonyl (C=O) groups excluding carboxylic acids is 1. The number of hydrogen-bond acceptors (Lipinski definition) is 3. The standard InChI is InChI=1S/C19H23NO2S/c1-15(17-6-4-3-5-7-17)12-20-19(21)14-23-13-16-8-10-18(22-2)11-9-16/h3-11,15H,12-14H2,1-2H3,(H,20,21)/t15-/m0/s1. The Morgan fingerprint density at radius 2 is 1.83 bits per heavy atom. The maximum atomic E-state index is 11.9. The van der Waals surface area contributed by atoms with Crippen LogP contribution in [-0.2, 0) is 10.5 Å². The van der Waals surface area contributed by atoms with Crippen molar-refractivity contribution in [2.24, 2.45) is 0 Å². The maximum absolute atomic E-state index is 11.9. The Hall–Kier alpha value is -1.94. The quantitative estimate of drug-likeness (QED) is 0.799. The van der Waals surface area contributed by atoms with Crippen LogP contribution in [0.1, 0.15) is 24.0 Å². The van der Waals surface area contributed by atoms with Gasteiger partial charge in [0.15, 0.2) is 0 Å². The lowest BCUT2D eigenvalue weighted by atomic mass is 10.0. The van der Waals surface area contributed by atoms with Gasteiger partial charge in [0.2, 0.25) is 5.91 Å². The van der Waals surface area contributed by atoms with E-state index in [0.717, 1.165) is 11.5 Å². The molecule has 0 saturated carbocycles. The van der Waals surface area contributed by atoms with E-state index in [1.165, 1.54) is 11.1 Å². The Labute approximate surface area is 142 Å². The van der Waals surface area contributed by atoms with Crippen LogP contribution in [0.4, 0.5) is 0 Å². The third-order valence-corrected chi connectivity index (χ3v) is 4.64. The summed E-state index contributed by atoms with van der Waals surface area (Å²) in [6.07, 6.45) is 0. The van der Waals surface area contributed by atoms with Crippen molar-refractivity contribution in [2.45, 2.75) is 18.6 Å². The molecule has 0 fully saturated rings. The number of amides is 1. The molecule has 0 saturated heterocycles. The molecule has 0 aliphatic rings. The Morgan fingerprint density at radius 3 is 2.48 bits per heavy atom. The van der Waals surface area contributed by atoms with Gasteiger partial charge in [0.1, 0.15) is 5.75 Å². The van der Waals surface area contributed by atoms with Crippen LogP contribution in [0.3, 0.4) is 0 Å². The highest BCUT2D eigenvalue weighted by atomic mass is 32.2. The molecule has 4 heteroatoms. The van der Waals surface area contributed by atoms with Crippen LogP contribution in [0.2, 0.25) is 0 Å². The number of hydrogen-bond donors (Lipinski definition) is 1. The van der Waals surface area contributed by atoms with Gasteiger partial charge in [-0.05, 0) is 29.2 Å². The molecule has 23 heavy (non-hydrogen) atoms. The van der Waals surface area contributed by atoms with Crippen LogP contribution in [-0.4, -0.2) is 25.3 Å². The Bertz CT molecular complexity index is 599. The van der Waals surface area contributed by atoms with Crippen molar-refractivity contribution >= 4 is 17.7 Å². The van der Waals surface area contributed by atoms with Gasteiger partial charge in [-0.25, -0.2) is 0 Å². The van der Waals surface area contributed by atoms with Gasteiger partial charge in [0.25, 0.3) is 0 Å². The topological polar surface area (TPSA) is 38.3 Å². The molecule has 0 spiro atoms. The number of methoxy groups -OCH3 is 1. The van der Waals surface area contributed by atoms with E-state index in [1.807, 2.05) is 42.5 Å². The Balaban J connectivity index is 1.66. The summed E-state index contributed by atoms with van der Waals surface area (Å²) < 4.78 is 5.13. The first-order valence-corrected chi connectivity index (χ1v) is 8.87. The Kier molecular flexibility index (Phi) is 7.01. The first kappa shape index (κ1) is 17.4. The molecule has 2 aromatic carbocycles. The lowest BCUT2D eigenvalue weighted by Gasteiger charge is -2.13. The number of thioether (sulfide) groups is 1. The van der Waals surface area contributed by atoms with Crippen molar-refractivity contribution < 1.29 is 9.53 Å². The molecule has 0 aliphatic heterocycles. The van der Waals surface area contributed by atoms with Gasteiger partial charge in [0.05, 0.1) is 12.9 Å². The Morgan fingerprint density at radius 1 is 1.13 bits per heavy atom. The van der Waals surface area contributed by atoms with Crippen LogP contribution < -0.4 is 10.1 Å². The summed E-state index contributed by atoms with van der Waals surface area (Å²) in [7, 11) is 1.66. The molecule has 0 radical (unpaired) electrons. The van der Waals surface area contributed by atoms with Crippen molar-refractivity contribution in [3.05, 3.63) is 65.7 Å². The molecule has 122 valence electrons. The molecule has 2 rings (SSSR count). The van der Waals surface area contributed by atoms with Gasteiger partial charge in [0, 0.05) is 12.3 Å². The second-order valence-corrected chi connectivity index (χ2v) is 6.44. The van der Waals surface area contributed by atoms with E-state index in [0.29, 0.717) is 18.2 Å². The summed E-state index contributed by atoms with van der Waals surface area (Å²) in [5.74, 6) is 2.57. The van der Waals surface area contributed by atoms with Gasteiger partial charge >= 0.3 is 0 Å². The molecule has 0 aliphatic carbocycles. The first-order valence-electron chi connectivity index (χ1n) is 7.71. The highest BCUT2D eigenvalue weighted by molar-refractivity contribution is 7.99. The maximum Gasteiger partial charge on any atom is 0.230 e. The molecule has 0 unspecified atom stereocenters. The van der Waals surface area contributed by atoms with Gasteiger partial charge in [-0.15, -0.1) is 11.8 Å². The van der Waals surface area contributed by atoms with Crippen molar-refractivity contribution in [1.29, 1.82) is 0 Å². The van der Waals surface area contributed by atoms with E-state index >= 15 is 0 Å². The summed E-state index contributed by atoms with van der Waals surface area (Å²) in [6.45, 7) is 2.80. The zero-order valence-electron chi connectivity index (χ0n) is 13.6. The van der Waals surface area contributed by atoms with Gasteiger partial charge in [-0.1, -0.05) is 49.4 Å².